The van der Waals surface area contributed by atoms with Gasteiger partial charge < -0.3 is 14.7 Å². The molecule has 1 spiro atoms. The average Bonchev–Trinajstić information content (AvgIpc) is 3.38. The highest BCUT2D eigenvalue weighted by molar-refractivity contribution is 5.95. The van der Waals surface area contributed by atoms with Gasteiger partial charge in [0, 0.05) is 61.8 Å². The minimum absolute atomic E-state index is 0.0861. The summed E-state index contributed by atoms with van der Waals surface area (Å²) in [5, 5.41) is 4.64. The molecule has 0 radical (unpaired) electrons. The van der Waals surface area contributed by atoms with Gasteiger partial charge in [-0.1, -0.05) is 18.2 Å². The molecule has 2 fully saturated rings. The van der Waals surface area contributed by atoms with Crippen LogP contribution in [0.5, 0.6) is 0 Å². The van der Waals surface area contributed by atoms with Gasteiger partial charge in [-0.2, -0.15) is 18.3 Å². The van der Waals surface area contributed by atoms with Crippen LogP contribution in [-0.4, -0.2) is 93.6 Å². The van der Waals surface area contributed by atoms with Crippen LogP contribution in [0.3, 0.4) is 0 Å². The molecule has 11 heteroatoms. The third kappa shape index (κ3) is 6.06. The van der Waals surface area contributed by atoms with Crippen LogP contribution in [0, 0.1) is 5.41 Å². The highest BCUT2D eigenvalue weighted by atomic mass is 19.4. The van der Waals surface area contributed by atoms with Crippen LogP contribution < -0.4 is 0 Å². The van der Waals surface area contributed by atoms with Crippen LogP contribution in [0.4, 0.5) is 13.2 Å². The Balaban J connectivity index is 1.08. The number of aromatic nitrogens is 3. The van der Waals surface area contributed by atoms with Crippen molar-refractivity contribution in [1.29, 1.82) is 0 Å². The van der Waals surface area contributed by atoms with Crippen molar-refractivity contribution in [3.05, 3.63) is 71.2 Å². The summed E-state index contributed by atoms with van der Waals surface area (Å²) < 4.78 is 39.2. The predicted octanol–water partition coefficient (Wildman–Crippen LogP) is 4.45. The predicted molar refractivity (Wildman–Crippen MR) is 152 cm³/mol. The third-order valence-corrected chi connectivity index (χ3v) is 8.89. The molecule has 222 valence electrons. The summed E-state index contributed by atoms with van der Waals surface area (Å²) in [6.07, 6.45) is 1.11. The number of nitrogens with zero attached hydrogens (tertiary/aromatic N) is 6. The van der Waals surface area contributed by atoms with Gasteiger partial charge in [-0.05, 0) is 74.8 Å². The lowest BCUT2D eigenvalue weighted by Gasteiger charge is -2.53. The Kier molecular flexibility index (Phi) is 7.55. The Labute approximate surface area is 242 Å². The van der Waals surface area contributed by atoms with Gasteiger partial charge in [-0.15, -0.1) is 0 Å². The number of amides is 2. The monoisotopic (exact) mass is 580 g/mol. The van der Waals surface area contributed by atoms with Gasteiger partial charge in [-0.3, -0.25) is 9.59 Å². The average molecular weight is 581 g/mol. The van der Waals surface area contributed by atoms with Crippen LogP contribution in [0.2, 0.25) is 0 Å². The van der Waals surface area contributed by atoms with Crippen molar-refractivity contribution in [1.82, 2.24) is 29.3 Å². The Morgan fingerprint density at radius 2 is 1.74 bits per heavy atom. The number of pyridine rings is 1. The van der Waals surface area contributed by atoms with Crippen molar-refractivity contribution in [2.75, 3.05) is 46.3 Å². The number of hydrogen-bond acceptors (Lipinski definition) is 5. The lowest BCUT2D eigenvalue weighted by atomic mass is 9.72. The third-order valence-electron chi connectivity index (χ3n) is 8.89. The minimum Gasteiger partial charge on any atom is -0.339 e. The van der Waals surface area contributed by atoms with E-state index in [2.05, 4.69) is 17.0 Å². The quantitative estimate of drug-likeness (QED) is 0.431. The van der Waals surface area contributed by atoms with Gasteiger partial charge >= 0.3 is 6.18 Å². The summed E-state index contributed by atoms with van der Waals surface area (Å²) in [6.45, 7) is 4.53. The Morgan fingerprint density at radius 3 is 2.40 bits per heavy atom. The second-order valence-corrected chi connectivity index (χ2v) is 12.0. The summed E-state index contributed by atoms with van der Waals surface area (Å²) in [5.74, 6) is 0.251. The van der Waals surface area contributed by atoms with Crippen LogP contribution >= 0.6 is 0 Å². The van der Waals surface area contributed by atoms with E-state index in [9.17, 15) is 22.8 Å². The summed E-state index contributed by atoms with van der Waals surface area (Å²) in [4.78, 5) is 35.8. The lowest BCUT2D eigenvalue weighted by Crippen LogP contribution is -2.61. The number of hydrogen-bond donors (Lipinski definition) is 0. The van der Waals surface area contributed by atoms with Crippen LogP contribution in [0.15, 0.2) is 48.7 Å². The van der Waals surface area contributed by atoms with E-state index in [-0.39, 0.29) is 12.5 Å². The Bertz CT molecular complexity index is 1500. The molecular weight excluding hydrogens is 545 g/mol. The molecule has 8 nitrogen and oxygen atoms in total. The first kappa shape index (κ1) is 28.4. The van der Waals surface area contributed by atoms with E-state index in [0.29, 0.717) is 41.8 Å². The molecular formula is C31H35F3N6O2. The molecule has 3 aliphatic rings. The van der Waals surface area contributed by atoms with E-state index in [0.717, 1.165) is 55.7 Å². The lowest BCUT2D eigenvalue weighted by molar-refractivity contribution is -0.148. The maximum absolute atomic E-state index is 13.0. The largest absolute Gasteiger partial charge is 0.389 e. The number of piperidine rings is 1. The molecule has 0 aliphatic carbocycles. The second-order valence-electron chi connectivity index (χ2n) is 12.0. The summed E-state index contributed by atoms with van der Waals surface area (Å²) >= 11 is 0. The topological polar surface area (TPSA) is 74.0 Å². The fraction of sp³-hybridized carbons (Fsp3) is 0.484. The van der Waals surface area contributed by atoms with Gasteiger partial charge in [0.2, 0.25) is 5.91 Å². The van der Waals surface area contributed by atoms with E-state index >= 15 is 0 Å². The van der Waals surface area contributed by atoms with E-state index in [4.69, 9.17) is 4.98 Å². The molecule has 1 aromatic carbocycles. The van der Waals surface area contributed by atoms with Crippen molar-refractivity contribution >= 4 is 23.0 Å². The molecule has 0 atom stereocenters. The van der Waals surface area contributed by atoms with Crippen molar-refractivity contribution in [2.24, 2.45) is 5.41 Å². The maximum Gasteiger partial charge on any atom is 0.389 e. The molecule has 0 unspecified atom stereocenters. The van der Waals surface area contributed by atoms with Gasteiger partial charge in [0.1, 0.15) is 0 Å². The molecule has 2 saturated heterocycles. The molecule has 5 heterocycles. The van der Waals surface area contributed by atoms with Crippen LogP contribution in [-0.2, 0) is 11.2 Å². The van der Waals surface area contributed by atoms with Gasteiger partial charge in [0.05, 0.1) is 6.42 Å². The standard InChI is InChI=1S/C31H35F3N6O2/c1-37-17-12-30(13-18-37)20-39(21-30)29(42)24-6-4-22(5-7-24)19-26-35-28-25(3-2-14-40(28)36-26)23-9-15-38(16-10-23)27(41)8-11-31(32,33)34/h2-7,9,14H,8,10-13,15-21H2,1H3. The first-order valence-corrected chi connectivity index (χ1v) is 14.5. The smallest absolute Gasteiger partial charge is 0.339 e. The number of alkyl halides is 3. The van der Waals surface area contributed by atoms with Crippen LogP contribution in [0.25, 0.3) is 11.2 Å². The summed E-state index contributed by atoms with van der Waals surface area (Å²) in [7, 11) is 2.15. The highest BCUT2D eigenvalue weighted by Gasteiger charge is 2.46. The Hall–Kier alpha value is -3.73. The molecule has 2 aromatic heterocycles. The number of carbonyl (C=O) groups excluding carboxylic acids is 2. The van der Waals surface area contributed by atoms with Crippen molar-refractivity contribution in [2.45, 2.75) is 44.7 Å². The normalized spacial score (nSPS) is 19.2. The second kappa shape index (κ2) is 11.2. The van der Waals surface area contributed by atoms with E-state index in [1.165, 1.54) is 4.90 Å². The maximum atomic E-state index is 13.0. The molecule has 0 saturated carbocycles. The van der Waals surface area contributed by atoms with Crippen LogP contribution in [0.1, 0.15) is 59.4 Å². The zero-order valence-corrected chi connectivity index (χ0v) is 23.7. The molecule has 3 aromatic rings. The number of halogens is 3. The summed E-state index contributed by atoms with van der Waals surface area (Å²) in [6, 6.07) is 11.5. The van der Waals surface area contributed by atoms with Gasteiger partial charge in [0.25, 0.3) is 5.91 Å². The minimum atomic E-state index is -4.34. The fourth-order valence-electron chi connectivity index (χ4n) is 6.27. The highest BCUT2D eigenvalue weighted by Crippen LogP contribution is 2.40. The molecule has 0 bridgehead atoms. The SMILES string of the molecule is CN1CCC2(CC1)CN(C(=O)c1ccc(Cc3nc4c(C5=CCN(C(=O)CCC(F)(F)F)CC5)cccn4n3)cc1)C2. The summed E-state index contributed by atoms with van der Waals surface area (Å²) in [5.41, 5.74) is 4.60. The van der Waals surface area contributed by atoms with Gasteiger partial charge in [0.15, 0.2) is 11.5 Å². The number of carbonyl (C=O) groups is 2. The van der Waals surface area contributed by atoms with E-state index in [1.54, 1.807) is 4.52 Å². The fourth-order valence-corrected chi connectivity index (χ4v) is 6.27. The number of fused-ring (bicyclic) bond motifs is 1. The first-order chi connectivity index (χ1) is 20.1. The van der Waals surface area contributed by atoms with Crippen molar-refractivity contribution in [3.63, 3.8) is 0 Å². The van der Waals surface area contributed by atoms with Crippen molar-refractivity contribution < 1.29 is 22.8 Å². The molecule has 0 N–H and O–H groups in total. The zero-order valence-electron chi connectivity index (χ0n) is 23.7. The van der Waals surface area contributed by atoms with E-state index < -0.39 is 24.9 Å². The molecule has 6 rings (SSSR count). The Morgan fingerprint density at radius 1 is 1.00 bits per heavy atom. The van der Waals surface area contributed by atoms with Crippen molar-refractivity contribution in [3.8, 4) is 0 Å². The number of benzene rings is 1. The first-order valence-electron chi connectivity index (χ1n) is 14.5. The molecule has 2 amide bonds. The number of rotatable bonds is 6. The zero-order chi connectivity index (χ0) is 29.5. The number of likely N-dealkylation sites (tertiary alicyclic amines) is 2. The molecule has 3 aliphatic heterocycles. The van der Waals surface area contributed by atoms with E-state index in [1.807, 2.05) is 53.6 Å². The molecule has 42 heavy (non-hydrogen) atoms. The van der Waals surface area contributed by atoms with Gasteiger partial charge in [-0.25, -0.2) is 9.50 Å².